The largest absolute Gasteiger partial charge is 0.350 e. The van der Waals surface area contributed by atoms with Crippen molar-refractivity contribution in [2.45, 2.75) is 20.4 Å². The molecule has 0 atom stereocenters. The van der Waals surface area contributed by atoms with Gasteiger partial charge in [-0.05, 0) is 36.8 Å². The molecular formula is C19H21N3O3. The summed E-state index contributed by atoms with van der Waals surface area (Å²) in [6.07, 6.45) is 0. The van der Waals surface area contributed by atoms with Gasteiger partial charge in [0.05, 0.1) is 6.54 Å². The summed E-state index contributed by atoms with van der Waals surface area (Å²) >= 11 is 0. The van der Waals surface area contributed by atoms with Crippen LogP contribution < -0.4 is 16.0 Å². The molecule has 0 radical (unpaired) electrons. The van der Waals surface area contributed by atoms with Crippen molar-refractivity contribution in [2.75, 3.05) is 11.9 Å². The van der Waals surface area contributed by atoms with Crippen LogP contribution in [0.25, 0.3) is 0 Å². The Bertz CT molecular complexity index is 770. The van der Waals surface area contributed by atoms with Gasteiger partial charge in [-0.25, -0.2) is 0 Å². The molecule has 0 saturated carbocycles. The molecule has 3 N–H and O–H groups in total. The first kappa shape index (κ1) is 18.2. The van der Waals surface area contributed by atoms with Gasteiger partial charge in [0.2, 0.25) is 11.8 Å². The Balaban J connectivity index is 1.77. The van der Waals surface area contributed by atoms with Crippen molar-refractivity contribution in [3.05, 3.63) is 65.2 Å². The fraction of sp³-hybridized carbons (Fsp3) is 0.211. The first-order valence-electron chi connectivity index (χ1n) is 7.92. The lowest BCUT2D eigenvalue weighted by Gasteiger charge is -2.08. The summed E-state index contributed by atoms with van der Waals surface area (Å²) in [5, 5.41) is 8.01. The van der Waals surface area contributed by atoms with Gasteiger partial charge in [0.25, 0.3) is 5.91 Å². The van der Waals surface area contributed by atoms with Crippen LogP contribution in [0.5, 0.6) is 0 Å². The zero-order valence-corrected chi connectivity index (χ0v) is 14.3. The Morgan fingerprint density at radius 3 is 2.32 bits per heavy atom. The number of carbonyl (C=O) groups is 3. The van der Waals surface area contributed by atoms with E-state index < -0.39 is 0 Å². The Morgan fingerprint density at radius 1 is 0.960 bits per heavy atom. The molecule has 0 bridgehead atoms. The topological polar surface area (TPSA) is 87.3 Å². The highest BCUT2D eigenvalue weighted by molar-refractivity contribution is 5.96. The average Bonchev–Trinajstić information content (AvgIpc) is 2.58. The number of hydrogen-bond acceptors (Lipinski definition) is 3. The molecule has 0 unspecified atom stereocenters. The zero-order valence-electron chi connectivity index (χ0n) is 14.3. The molecule has 0 spiro atoms. The van der Waals surface area contributed by atoms with Crippen molar-refractivity contribution in [2.24, 2.45) is 0 Å². The van der Waals surface area contributed by atoms with Crippen molar-refractivity contribution in [3.8, 4) is 0 Å². The third-order valence-corrected chi connectivity index (χ3v) is 3.45. The second kappa shape index (κ2) is 8.63. The third kappa shape index (κ3) is 6.10. The molecule has 130 valence electrons. The summed E-state index contributed by atoms with van der Waals surface area (Å²) in [6, 6.07) is 14.3. The number of hydrogen-bond donors (Lipinski definition) is 3. The Kier molecular flexibility index (Phi) is 6.28. The molecule has 3 amide bonds. The molecule has 0 aliphatic heterocycles. The molecule has 0 aliphatic carbocycles. The van der Waals surface area contributed by atoms with Gasteiger partial charge < -0.3 is 16.0 Å². The predicted molar refractivity (Wildman–Crippen MR) is 96.1 cm³/mol. The van der Waals surface area contributed by atoms with Gasteiger partial charge in [0.15, 0.2) is 0 Å². The van der Waals surface area contributed by atoms with Crippen LogP contribution in [0.4, 0.5) is 5.69 Å². The van der Waals surface area contributed by atoms with Crippen LogP contribution in [-0.2, 0) is 16.1 Å². The van der Waals surface area contributed by atoms with E-state index in [9.17, 15) is 14.4 Å². The second-order valence-corrected chi connectivity index (χ2v) is 5.71. The van der Waals surface area contributed by atoms with Gasteiger partial charge in [0, 0.05) is 24.7 Å². The van der Waals surface area contributed by atoms with Crippen LogP contribution in [0.3, 0.4) is 0 Å². The molecule has 6 heteroatoms. The lowest BCUT2D eigenvalue weighted by Crippen LogP contribution is -2.36. The van der Waals surface area contributed by atoms with E-state index >= 15 is 0 Å². The van der Waals surface area contributed by atoms with E-state index in [1.807, 2.05) is 25.1 Å². The van der Waals surface area contributed by atoms with E-state index in [-0.39, 0.29) is 24.3 Å². The molecule has 2 aromatic rings. The lowest BCUT2D eigenvalue weighted by molar-refractivity contribution is -0.120. The Morgan fingerprint density at radius 2 is 1.68 bits per heavy atom. The number of amides is 3. The maximum atomic E-state index is 12.0. The van der Waals surface area contributed by atoms with E-state index in [4.69, 9.17) is 0 Å². The van der Waals surface area contributed by atoms with Crippen molar-refractivity contribution < 1.29 is 14.4 Å². The predicted octanol–water partition coefficient (Wildman–Crippen LogP) is 2.00. The number of nitrogens with one attached hydrogen (secondary N) is 3. The fourth-order valence-corrected chi connectivity index (χ4v) is 2.22. The van der Waals surface area contributed by atoms with Crippen molar-refractivity contribution >= 4 is 23.4 Å². The van der Waals surface area contributed by atoms with Crippen LogP contribution in [0, 0.1) is 6.92 Å². The second-order valence-electron chi connectivity index (χ2n) is 5.71. The normalized spacial score (nSPS) is 10.0. The molecule has 0 heterocycles. The van der Waals surface area contributed by atoms with Gasteiger partial charge in [0.1, 0.15) is 0 Å². The number of carbonyl (C=O) groups excluding carboxylic acids is 3. The minimum Gasteiger partial charge on any atom is -0.350 e. The molecule has 2 rings (SSSR count). The average molecular weight is 339 g/mol. The Labute approximate surface area is 146 Å². The highest BCUT2D eigenvalue weighted by atomic mass is 16.2. The van der Waals surface area contributed by atoms with Crippen molar-refractivity contribution in [1.29, 1.82) is 0 Å². The first-order valence-corrected chi connectivity index (χ1v) is 7.92. The quantitative estimate of drug-likeness (QED) is 0.752. The van der Waals surface area contributed by atoms with Crippen molar-refractivity contribution in [1.82, 2.24) is 10.6 Å². The third-order valence-electron chi connectivity index (χ3n) is 3.45. The monoisotopic (exact) mass is 339 g/mol. The summed E-state index contributed by atoms with van der Waals surface area (Å²) in [7, 11) is 0. The standard InChI is InChI=1S/C19H21N3O3/c1-13-4-3-5-16(10-13)19(25)21-12-18(24)20-11-15-6-8-17(9-7-15)22-14(2)23/h3-10H,11-12H2,1-2H3,(H,20,24)(H,21,25)(H,22,23). The molecule has 0 saturated heterocycles. The van der Waals surface area contributed by atoms with Gasteiger partial charge in [-0.1, -0.05) is 29.8 Å². The van der Waals surface area contributed by atoms with Crippen LogP contribution in [0.1, 0.15) is 28.4 Å². The minimum atomic E-state index is -0.279. The summed E-state index contributed by atoms with van der Waals surface area (Å²) < 4.78 is 0. The molecule has 6 nitrogen and oxygen atoms in total. The number of aryl methyl sites for hydroxylation is 1. The van der Waals surface area contributed by atoms with Crippen LogP contribution in [0.15, 0.2) is 48.5 Å². The van der Waals surface area contributed by atoms with E-state index in [1.54, 1.807) is 30.3 Å². The number of anilines is 1. The maximum absolute atomic E-state index is 12.0. The van der Waals surface area contributed by atoms with Gasteiger partial charge in [-0.3, -0.25) is 14.4 Å². The van der Waals surface area contributed by atoms with Crippen LogP contribution in [-0.4, -0.2) is 24.3 Å². The van der Waals surface area contributed by atoms with Crippen LogP contribution in [0.2, 0.25) is 0 Å². The van der Waals surface area contributed by atoms with Gasteiger partial charge >= 0.3 is 0 Å². The summed E-state index contributed by atoms with van der Waals surface area (Å²) in [4.78, 5) is 34.8. The SMILES string of the molecule is CC(=O)Nc1ccc(CNC(=O)CNC(=O)c2cccc(C)c2)cc1. The fourth-order valence-electron chi connectivity index (χ4n) is 2.22. The Hall–Kier alpha value is -3.15. The first-order chi connectivity index (χ1) is 11.9. The van der Waals surface area contributed by atoms with E-state index in [0.29, 0.717) is 17.8 Å². The number of rotatable bonds is 6. The zero-order chi connectivity index (χ0) is 18.2. The molecule has 0 aromatic heterocycles. The van der Waals surface area contributed by atoms with Gasteiger partial charge in [-0.15, -0.1) is 0 Å². The molecule has 0 aliphatic rings. The summed E-state index contributed by atoms with van der Waals surface area (Å²) in [5.41, 5.74) is 3.11. The smallest absolute Gasteiger partial charge is 0.251 e. The minimum absolute atomic E-state index is 0.0866. The molecule has 2 aromatic carbocycles. The summed E-state index contributed by atoms with van der Waals surface area (Å²) in [5.74, 6) is -0.684. The highest BCUT2D eigenvalue weighted by Gasteiger charge is 2.08. The molecular weight excluding hydrogens is 318 g/mol. The van der Waals surface area contributed by atoms with E-state index in [1.165, 1.54) is 6.92 Å². The lowest BCUT2D eigenvalue weighted by atomic mass is 10.1. The highest BCUT2D eigenvalue weighted by Crippen LogP contribution is 2.09. The molecule has 0 fully saturated rings. The van der Waals surface area contributed by atoms with Crippen molar-refractivity contribution in [3.63, 3.8) is 0 Å². The summed E-state index contributed by atoms with van der Waals surface area (Å²) in [6.45, 7) is 3.61. The van der Waals surface area contributed by atoms with E-state index in [2.05, 4.69) is 16.0 Å². The van der Waals surface area contributed by atoms with Crippen LogP contribution >= 0.6 is 0 Å². The maximum Gasteiger partial charge on any atom is 0.251 e. The number of benzene rings is 2. The molecule has 25 heavy (non-hydrogen) atoms. The van der Waals surface area contributed by atoms with Gasteiger partial charge in [-0.2, -0.15) is 0 Å². The van der Waals surface area contributed by atoms with E-state index in [0.717, 1.165) is 11.1 Å².